The predicted molar refractivity (Wildman–Crippen MR) is 65.3 cm³/mol. The molecule has 64 valence electrons. The van der Waals surface area contributed by atoms with Crippen LogP contribution in [0.4, 0.5) is 5.82 Å². The third-order valence-electron chi connectivity index (χ3n) is 1.22. The number of thiol groups is 1. The number of pyridine rings is 1. The van der Waals surface area contributed by atoms with Gasteiger partial charge in [0.25, 0.3) is 0 Å². The van der Waals surface area contributed by atoms with Crippen molar-refractivity contribution in [1.29, 1.82) is 5.41 Å². The minimum atomic E-state index is 0.561. The molecule has 0 saturated heterocycles. The second kappa shape index (κ2) is 4.99. The number of hydrogen-bond donors (Lipinski definition) is 3. The maximum Gasteiger partial charge on any atom is 0.138 e. The molecule has 2 N–H and O–H groups in total. The van der Waals surface area contributed by atoms with Gasteiger partial charge in [-0.2, -0.15) is 0 Å². The van der Waals surface area contributed by atoms with Crippen LogP contribution in [0.25, 0.3) is 0 Å². The van der Waals surface area contributed by atoms with Gasteiger partial charge in [0, 0.05) is 29.2 Å². The minimum Gasteiger partial charge on any atom is -0.343 e. The SMILES string of the molecule is N=Cc1cc(S)cnc1NPI. The Morgan fingerprint density at radius 1 is 1.75 bits per heavy atom. The number of nitrogens with zero attached hydrogens (tertiary/aromatic N) is 1. The zero-order valence-corrected chi connectivity index (χ0v) is 10.1. The van der Waals surface area contributed by atoms with Crippen LogP contribution in [-0.2, 0) is 0 Å². The van der Waals surface area contributed by atoms with Crippen molar-refractivity contribution in [3.63, 3.8) is 0 Å². The molecule has 1 rings (SSSR count). The molecule has 0 aromatic carbocycles. The fourth-order valence-electron chi connectivity index (χ4n) is 0.729. The molecule has 0 radical (unpaired) electrons. The average molecular weight is 311 g/mol. The molecular weight excluding hydrogens is 304 g/mol. The van der Waals surface area contributed by atoms with E-state index in [9.17, 15) is 0 Å². The van der Waals surface area contributed by atoms with Crippen LogP contribution in [0.15, 0.2) is 17.2 Å². The standard InChI is InChI=1S/C6H7IN3PS/c7-11-10-6-4(2-8)1-5(12)3-9-6/h1-3,8,11-12H,(H,9,10). The third kappa shape index (κ3) is 2.57. The van der Waals surface area contributed by atoms with Gasteiger partial charge in [0.15, 0.2) is 0 Å². The second-order valence-corrected chi connectivity index (χ2v) is 4.57. The minimum absolute atomic E-state index is 0.561. The Morgan fingerprint density at radius 2 is 2.50 bits per heavy atom. The fourth-order valence-corrected chi connectivity index (χ4v) is 1.99. The van der Waals surface area contributed by atoms with Crippen LogP contribution in [0.5, 0.6) is 0 Å². The maximum atomic E-state index is 7.12. The van der Waals surface area contributed by atoms with E-state index in [0.29, 0.717) is 6.37 Å². The van der Waals surface area contributed by atoms with Crippen LogP contribution in [0.1, 0.15) is 5.56 Å². The normalized spacial score (nSPS) is 10.5. The first-order chi connectivity index (χ1) is 5.77. The molecule has 0 saturated carbocycles. The van der Waals surface area contributed by atoms with Crippen molar-refractivity contribution in [3.05, 3.63) is 17.8 Å². The Bertz CT molecular complexity index is 294. The van der Waals surface area contributed by atoms with Gasteiger partial charge in [-0.1, -0.05) is 0 Å². The second-order valence-electron chi connectivity index (χ2n) is 2.00. The Hall–Kier alpha value is 0.130. The Balaban J connectivity index is 3.02. The first-order valence-electron chi connectivity index (χ1n) is 3.09. The quantitative estimate of drug-likeness (QED) is 0.348. The van der Waals surface area contributed by atoms with Gasteiger partial charge in [-0.25, -0.2) is 4.98 Å². The first kappa shape index (κ1) is 10.2. The monoisotopic (exact) mass is 311 g/mol. The van der Waals surface area contributed by atoms with E-state index in [1.54, 1.807) is 6.20 Å². The molecule has 0 spiro atoms. The Labute approximate surface area is 91.0 Å². The molecule has 0 bridgehead atoms. The molecule has 1 atom stereocenters. The Kier molecular flexibility index (Phi) is 4.25. The molecule has 0 aliphatic heterocycles. The van der Waals surface area contributed by atoms with E-state index in [1.807, 2.05) is 6.07 Å². The highest BCUT2D eigenvalue weighted by Gasteiger charge is 1.99. The summed E-state index contributed by atoms with van der Waals surface area (Å²) in [5, 5.41) is 10.2. The highest BCUT2D eigenvalue weighted by molar-refractivity contribution is 14.2. The lowest BCUT2D eigenvalue weighted by atomic mass is 10.3. The maximum absolute atomic E-state index is 7.12. The molecule has 3 nitrogen and oxygen atoms in total. The smallest absolute Gasteiger partial charge is 0.138 e. The Morgan fingerprint density at radius 3 is 3.08 bits per heavy atom. The molecule has 1 heterocycles. The van der Waals surface area contributed by atoms with E-state index in [2.05, 4.69) is 44.7 Å². The zero-order valence-electron chi connectivity index (χ0n) is 6.00. The summed E-state index contributed by atoms with van der Waals surface area (Å²) >= 11 is 6.35. The molecule has 0 aliphatic rings. The van der Waals surface area contributed by atoms with Gasteiger partial charge in [-0.05, 0) is 28.1 Å². The summed E-state index contributed by atoms with van der Waals surface area (Å²) in [4.78, 5) is 4.88. The van der Waals surface area contributed by atoms with Crippen molar-refractivity contribution in [3.8, 4) is 0 Å². The number of anilines is 1. The van der Waals surface area contributed by atoms with Gasteiger partial charge in [-0.15, -0.1) is 12.6 Å². The summed E-state index contributed by atoms with van der Waals surface area (Å²) in [6.07, 6.45) is 3.49. The van der Waals surface area contributed by atoms with Crippen LogP contribution in [0.2, 0.25) is 0 Å². The molecular formula is C6H7IN3PS. The van der Waals surface area contributed by atoms with E-state index in [1.165, 1.54) is 6.21 Å². The molecule has 0 amide bonds. The summed E-state index contributed by atoms with van der Waals surface area (Å²) in [6.45, 7) is 0. The summed E-state index contributed by atoms with van der Waals surface area (Å²) in [6, 6.07) is 1.81. The summed E-state index contributed by atoms with van der Waals surface area (Å²) in [5.41, 5.74) is 0.770. The largest absolute Gasteiger partial charge is 0.343 e. The van der Waals surface area contributed by atoms with Gasteiger partial charge in [0.2, 0.25) is 0 Å². The van der Waals surface area contributed by atoms with Crippen molar-refractivity contribution in [2.45, 2.75) is 4.90 Å². The van der Waals surface area contributed by atoms with Crippen LogP contribution in [0.3, 0.4) is 0 Å². The highest BCUT2D eigenvalue weighted by atomic mass is 127. The van der Waals surface area contributed by atoms with Gasteiger partial charge < -0.3 is 10.5 Å². The molecule has 1 aromatic rings. The van der Waals surface area contributed by atoms with E-state index in [4.69, 9.17) is 5.41 Å². The van der Waals surface area contributed by atoms with Crippen molar-refractivity contribution in [2.75, 3.05) is 5.09 Å². The fraction of sp³-hybridized carbons (Fsp3) is 0. The van der Waals surface area contributed by atoms with Crippen molar-refractivity contribution >= 4 is 53.1 Å². The molecule has 1 aromatic heterocycles. The van der Waals surface area contributed by atoms with Crippen molar-refractivity contribution < 1.29 is 0 Å². The topological polar surface area (TPSA) is 48.8 Å². The first-order valence-corrected chi connectivity index (χ1v) is 7.65. The molecule has 6 heteroatoms. The lowest BCUT2D eigenvalue weighted by Gasteiger charge is -2.04. The predicted octanol–water partition coefficient (Wildman–Crippen LogP) is 2.72. The lowest BCUT2D eigenvalue weighted by Crippen LogP contribution is -1.93. The molecule has 0 fully saturated rings. The van der Waals surface area contributed by atoms with Gasteiger partial charge in [0.05, 0.1) is 0 Å². The summed E-state index contributed by atoms with van der Waals surface area (Å²) in [5.74, 6) is 0.746. The lowest BCUT2D eigenvalue weighted by molar-refractivity contribution is 1.24. The van der Waals surface area contributed by atoms with Crippen LogP contribution < -0.4 is 5.09 Å². The summed E-state index contributed by atoms with van der Waals surface area (Å²) in [7, 11) is 0. The van der Waals surface area contributed by atoms with Gasteiger partial charge >= 0.3 is 0 Å². The number of aromatic nitrogens is 1. The number of rotatable bonds is 3. The van der Waals surface area contributed by atoms with E-state index < -0.39 is 0 Å². The molecule has 1 unspecified atom stereocenters. The third-order valence-corrected chi connectivity index (χ3v) is 2.61. The van der Waals surface area contributed by atoms with E-state index in [-0.39, 0.29) is 0 Å². The van der Waals surface area contributed by atoms with Crippen LogP contribution >= 0.6 is 41.0 Å². The van der Waals surface area contributed by atoms with Gasteiger partial charge in [-0.3, -0.25) is 0 Å². The molecule has 12 heavy (non-hydrogen) atoms. The van der Waals surface area contributed by atoms with E-state index in [0.717, 1.165) is 16.3 Å². The highest BCUT2D eigenvalue weighted by Crippen LogP contribution is 2.25. The van der Waals surface area contributed by atoms with Crippen LogP contribution in [-0.4, -0.2) is 11.2 Å². The van der Waals surface area contributed by atoms with E-state index >= 15 is 0 Å². The number of halogens is 1. The average Bonchev–Trinajstić information content (AvgIpc) is 2.08. The van der Waals surface area contributed by atoms with Crippen molar-refractivity contribution in [1.82, 2.24) is 4.98 Å². The summed E-state index contributed by atoms with van der Waals surface area (Å²) < 4.78 is 0. The number of hydrogen-bond acceptors (Lipinski definition) is 4. The van der Waals surface area contributed by atoms with Crippen LogP contribution in [0, 0.1) is 5.41 Å². The zero-order chi connectivity index (χ0) is 8.97. The number of nitrogens with one attached hydrogen (secondary N) is 2. The molecule has 0 aliphatic carbocycles. The van der Waals surface area contributed by atoms with Gasteiger partial charge in [0.1, 0.15) is 5.82 Å². The van der Waals surface area contributed by atoms with Crippen molar-refractivity contribution in [2.24, 2.45) is 0 Å².